The van der Waals surface area contributed by atoms with Gasteiger partial charge in [-0.1, -0.05) is 23.2 Å². The molecule has 0 saturated carbocycles. The van der Waals surface area contributed by atoms with Crippen LogP contribution in [0.15, 0.2) is 6.33 Å². The fourth-order valence-corrected chi connectivity index (χ4v) is 1.49. The quantitative estimate of drug-likeness (QED) is 0.809. The Bertz CT molecular complexity index is 398. The standard InChI is InChI=1S/C10H14Cl2N4O/c1-6(13)3-2-4-7(17)16-10-8(11)9(12)14-5-15-10/h5-6H,2-4,13H2,1H3,(H,14,15,16,17). The molecule has 1 rings (SSSR count). The minimum Gasteiger partial charge on any atom is -0.328 e. The van der Waals surface area contributed by atoms with Gasteiger partial charge in [0.1, 0.15) is 11.3 Å². The van der Waals surface area contributed by atoms with E-state index in [0.717, 1.165) is 12.8 Å². The summed E-state index contributed by atoms with van der Waals surface area (Å²) in [6.07, 6.45) is 3.14. The van der Waals surface area contributed by atoms with Crippen molar-refractivity contribution in [3.05, 3.63) is 16.5 Å². The smallest absolute Gasteiger partial charge is 0.225 e. The lowest BCUT2D eigenvalue weighted by atomic mass is 10.1. The van der Waals surface area contributed by atoms with Crippen molar-refractivity contribution in [2.24, 2.45) is 5.73 Å². The van der Waals surface area contributed by atoms with Gasteiger partial charge in [-0.2, -0.15) is 0 Å². The van der Waals surface area contributed by atoms with Crippen LogP contribution >= 0.6 is 23.2 Å². The SMILES string of the molecule is CC(N)CCCC(=O)Nc1ncnc(Cl)c1Cl. The number of nitrogens with two attached hydrogens (primary N) is 1. The molecule has 0 radical (unpaired) electrons. The molecule has 5 nitrogen and oxygen atoms in total. The van der Waals surface area contributed by atoms with Crippen LogP contribution in [-0.4, -0.2) is 21.9 Å². The molecule has 0 aliphatic heterocycles. The number of hydrogen-bond acceptors (Lipinski definition) is 4. The van der Waals surface area contributed by atoms with E-state index in [-0.39, 0.29) is 27.9 Å². The van der Waals surface area contributed by atoms with Crippen LogP contribution in [0.3, 0.4) is 0 Å². The molecule has 1 aromatic heterocycles. The fourth-order valence-electron chi connectivity index (χ4n) is 1.21. The Balaban J connectivity index is 2.48. The van der Waals surface area contributed by atoms with Crippen LogP contribution < -0.4 is 11.1 Å². The van der Waals surface area contributed by atoms with Crippen LogP contribution in [0, 0.1) is 0 Å². The van der Waals surface area contributed by atoms with Crippen LogP contribution in [0.5, 0.6) is 0 Å². The van der Waals surface area contributed by atoms with Crippen molar-refractivity contribution >= 4 is 34.9 Å². The maximum atomic E-state index is 11.5. The fraction of sp³-hybridized carbons (Fsp3) is 0.500. The molecular weight excluding hydrogens is 263 g/mol. The summed E-state index contributed by atoms with van der Waals surface area (Å²) in [6, 6.07) is 0.0971. The van der Waals surface area contributed by atoms with E-state index in [1.165, 1.54) is 6.33 Å². The number of nitrogens with zero attached hydrogens (tertiary/aromatic N) is 2. The van der Waals surface area contributed by atoms with Gasteiger partial charge in [0.05, 0.1) is 0 Å². The molecule has 0 spiro atoms. The highest BCUT2D eigenvalue weighted by Gasteiger charge is 2.10. The first kappa shape index (κ1) is 14.2. The minimum atomic E-state index is -0.165. The Labute approximate surface area is 110 Å². The summed E-state index contributed by atoms with van der Waals surface area (Å²) in [5, 5.41) is 2.84. The summed E-state index contributed by atoms with van der Waals surface area (Å²) < 4.78 is 0. The first-order valence-corrected chi connectivity index (χ1v) is 5.97. The predicted molar refractivity (Wildman–Crippen MR) is 68.2 cm³/mol. The molecule has 0 fully saturated rings. The number of anilines is 1. The summed E-state index contributed by atoms with van der Waals surface area (Å²) in [6.45, 7) is 1.90. The van der Waals surface area contributed by atoms with Gasteiger partial charge in [-0.25, -0.2) is 9.97 Å². The molecule has 17 heavy (non-hydrogen) atoms. The highest BCUT2D eigenvalue weighted by atomic mass is 35.5. The van der Waals surface area contributed by atoms with Gasteiger partial charge in [0.15, 0.2) is 11.0 Å². The van der Waals surface area contributed by atoms with Gasteiger partial charge in [-0.15, -0.1) is 0 Å². The Kier molecular flexibility index (Phi) is 5.61. The van der Waals surface area contributed by atoms with Crippen molar-refractivity contribution in [3.8, 4) is 0 Å². The Morgan fingerprint density at radius 3 is 2.88 bits per heavy atom. The number of nitrogens with one attached hydrogen (secondary N) is 1. The summed E-state index contributed by atoms with van der Waals surface area (Å²) >= 11 is 11.5. The molecule has 1 heterocycles. The summed E-state index contributed by atoms with van der Waals surface area (Å²) in [5.74, 6) is 0.0692. The molecule has 0 aliphatic rings. The first-order chi connectivity index (χ1) is 8.00. The van der Waals surface area contributed by atoms with E-state index in [2.05, 4.69) is 15.3 Å². The van der Waals surface area contributed by atoms with Crippen molar-refractivity contribution in [1.29, 1.82) is 0 Å². The van der Waals surface area contributed by atoms with E-state index in [4.69, 9.17) is 28.9 Å². The van der Waals surface area contributed by atoms with Crippen LogP contribution in [0.4, 0.5) is 5.82 Å². The molecule has 1 unspecified atom stereocenters. The third kappa shape index (κ3) is 4.85. The van der Waals surface area contributed by atoms with Crippen LogP contribution in [0.2, 0.25) is 10.2 Å². The Hall–Kier alpha value is -0.910. The number of carbonyl (C=O) groups is 1. The minimum absolute atomic E-state index is 0.0971. The molecule has 0 aromatic carbocycles. The van der Waals surface area contributed by atoms with Gasteiger partial charge in [0.2, 0.25) is 5.91 Å². The molecule has 0 bridgehead atoms. The van der Waals surface area contributed by atoms with Crippen molar-refractivity contribution in [2.75, 3.05) is 5.32 Å². The van der Waals surface area contributed by atoms with Crippen molar-refractivity contribution < 1.29 is 4.79 Å². The van der Waals surface area contributed by atoms with Crippen LogP contribution in [0.25, 0.3) is 0 Å². The second kappa shape index (κ2) is 6.74. The number of carbonyl (C=O) groups excluding carboxylic acids is 1. The molecule has 1 amide bonds. The molecule has 0 aliphatic carbocycles. The van der Waals surface area contributed by atoms with Crippen molar-refractivity contribution in [3.63, 3.8) is 0 Å². The molecule has 94 valence electrons. The number of rotatable bonds is 5. The topological polar surface area (TPSA) is 80.9 Å². The van der Waals surface area contributed by atoms with Gasteiger partial charge >= 0.3 is 0 Å². The van der Waals surface area contributed by atoms with Crippen molar-refractivity contribution in [1.82, 2.24) is 9.97 Å². The Morgan fingerprint density at radius 2 is 2.24 bits per heavy atom. The average Bonchev–Trinajstić information content (AvgIpc) is 2.24. The molecule has 3 N–H and O–H groups in total. The zero-order valence-corrected chi connectivity index (χ0v) is 10.9. The predicted octanol–water partition coefficient (Wildman–Crippen LogP) is 2.24. The third-order valence-corrected chi connectivity index (χ3v) is 2.81. The van der Waals surface area contributed by atoms with Crippen molar-refractivity contribution in [2.45, 2.75) is 32.2 Å². The maximum Gasteiger partial charge on any atom is 0.225 e. The number of hydrogen-bond donors (Lipinski definition) is 2. The van der Waals surface area contributed by atoms with Crippen LogP contribution in [-0.2, 0) is 4.79 Å². The van der Waals surface area contributed by atoms with E-state index in [1.54, 1.807) is 0 Å². The molecular formula is C10H14Cl2N4O. The average molecular weight is 277 g/mol. The summed E-state index contributed by atoms with van der Waals surface area (Å²) in [5.41, 5.74) is 5.58. The molecule has 7 heteroatoms. The van der Waals surface area contributed by atoms with E-state index in [0.29, 0.717) is 6.42 Å². The van der Waals surface area contributed by atoms with E-state index in [1.807, 2.05) is 6.92 Å². The normalized spacial score (nSPS) is 12.2. The lowest BCUT2D eigenvalue weighted by Gasteiger charge is -2.07. The second-order valence-electron chi connectivity index (χ2n) is 3.74. The monoisotopic (exact) mass is 276 g/mol. The highest BCUT2D eigenvalue weighted by molar-refractivity contribution is 6.42. The largest absolute Gasteiger partial charge is 0.328 e. The van der Waals surface area contributed by atoms with E-state index in [9.17, 15) is 4.79 Å². The molecule has 1 aromatic rings. The summed E-state index contributed by atoms with van der Waals surface area (Å²) in [4.78, 5) is 19.1. The zero-order valence-electron chi connectivity index (χ0n) is 9.41. The first-order valence-electron chi connectivity index (χ1n) is 5.22. The number of aromatic nitrogens is 2. The van der Waals surface area contributed by atoms with Crippen LogP contribution in [0.1, 0.15) is 26.2 Å². The lowest BCUT2D eigenvalue weighted by Crippen LogP contribution is -2.17. The summed E-state index contributed by atoms with van der Waals surface area (Å²) in [7, 11) is 0. The molecule has 0 saturated heterocycles. The van der Waals surface area contributed by atoms with Gasteiger partial charge in [-0.3, -0.25) is 4.79 Å². The van der Waals surface area contributed by atoms with E-state index < -0.39 is 0 Å². The molecule has 1 atom stereocenters. The number of amides is 1. The third-order valence-electron chi connectivity index (χ3n) is 2.07. The van der Waals surface area contributed by atoms with Gasteiger partial charge < -0.3 is 11.1 Å². The number of halogens is 2. The second-order valence-corrected chi connectivity index (χ2v) is 4.48. The van der Waals surface area contributed by atoms with E-state index >= 15 is 0 Å². The van der Waals surface area contributed by atoms with Gasteiger partial charge in [0.25, 0.3) is 0 Å². The van der Waals surface area contributed by atoms with Gasteiger partial charge in [-0.05, 0) is 19.8 Å². The van der Waals surface area contributed by atoms with Gasteiger partial charge in [0, 0.05) is 12.5 Å². The highest BCUT2D eigenvalue weighted by Crippen LogP contribution is 2.25. The zero-order chi connectivity index (χ0) is 12.8. The lowest BCUT2D eigenvalue weighted by molar-refractivity contribution is -0.116. The Morgan fingerprint density at radius 1 is 1.53 bits per heavy atom. The maximum absolute atomic E-state index is 11.5.